The van der Waals surface area contributed by atoms with Crippen LogP contribution in [0.4, 0.5) is 5.69 Å². The minimum Gasteiger partial charge on any atom is -0.308 e. The van der Waals surface area contributed by atoms with E-state index in [1.807, 2.05) is 32.1 Å². The number of benzene rings is 1. The standard InChI is InChI=1S/C16H15N3O/c1-3-19-15-5-4-11(2)8-13(15)14(16(19)20)9-12-6-7-17-10-18-12/h4-10H,3H2,1-2H3. The minimum atomic E-state index is 0.0340. The minimum absolute atomic E-state index is 0.0340. The number of anilines is 1. The van der Waals surface area contributed by atoms with E-state index in [0.717, 1.165) is 22.5 Å². The summed E-state index contributed by atoms with van der Waals surface area (Å²) in [5.41, 5.74) is 4.54. The number of aromatic nitrogens is 2. The van der Waals surface area contributed by atoms with Crippen molar-refractivity contribution in [3.05, 3.63) is 53.6 Å². The molecule has 0 unspecified atom stereocenters. The third kappa shape index (κ3) is 1.99. The Balaban J connectivity index is 2.15. The number of rotatable bonds is 2. The van der Waals surface area contributed by atoms with Crippen LogP contribution in [-0.2, 0) is 4.79 Å². The maximum absolute atomic E-state index is 12.5. The first kappa shape index (κ1) is 12.5. The summed E-state index contributed by atoms with van der Waals surface area (Å²) in [6.45, 7) is 4.67. The van der Waals surface area contributed by atoms with Gasteiger partial charge in [0.2, 0.25) is 0 Å². The molecule has 0 aliphatic carbocycles. The van der Waals surface area contributed by atoms with Crippen LogP contribution in [0.5, 0.6) is 0 Å². The third-order valence-corrected chi connectivity index (χ3v) is 3.42. The Hall–Kier alpha value is -2.49. The summed E-state index contributed by atoms with van der Waals surface area (Å²) in [7, 11) is 0. The maximum atomic E-state index is 12.5. The maximum Gasteiger partial charge on any atom is 0.259 e. The van der Waals surface area contributed by atoms with E-state index in [9.17, 15) is 4.79 Å². The van der Waals surface area contributed by atoms with Crippen molar-refractivity contribution in [2.45, 2.75) is 13.8 Å². The molecule has 2 heterocycles. The van der Waals surface area contributed by atoms with E-state index in [1.54, 1.807) is 17.2 Å². The molecule has 0 saturated carbocycles. The van der Waals surface area contributed by atoms with Crippen LogP contribution in [0.3, 0.4) is 0 Å². The Kier molecular flexibility index (Phi) is 3.06. The topological polar surface area (TPSA) is 46.1 Å². The first-order valence-corrected chi connectivity index (χ1v) is 6.61. The van der Waals surface area contributed by atoms with E-state index in [-0.39, 0.29) is 5.91 Å². The second-order valence-electron chi connectivity index (χ2n) is 4.76. The molecule has 0 saturated heterocycles. The van der Waals surface area contributed by atoms with Crippen LogP contribution < -0.4 is 4.90 Å². The van der Waals surface area contributed by atoms with Gasteiger partial charge < -0.3 is 4.90 Å². The molecule has 1 amide bonds. The summed E-state index contributed by atoms with van der Waals surface area (Å²) >= 11 is 0. The van der Waals surface area contributed by atoms with Crippen LogP contribution in [-0.4, -0.2) is 22.4 Å². The zero-order chi connectivity index (χ0) is 14.1. The van der Waals surface area contributed by atoms with Gasteiger partial charge in [0.05, 0.1) is 17.0 Å². The van der Waals surface area contributed by atoms with Gasteiger partial charge in [0.1, 0.15) is 6.33 Å². The molecular formula is C16H15N3O. The van der Waals surface area contributed by atoms with E-state index in [2.05, 4.69) is 16.0 Å². The number of hydrogen-bond donors (Lipinski definition) is 0. The highest BCUT2D eigenvalue weighted by Crippen LogP contribution is 2.37. The SMILES string of the molecule is CCN1C(=O)C(=Cc2ccncn2)c2cc(C)ccc21. The van der Waals surface area contributed by atoms with E-state index in [4.69, 9.17) is 0 Å². The van der Waals surface area contributed by atoms with Crippen molar-refractivity contribution >= 4 is 23.2 Å². The van der Waals surface area contributed by atoms with Crippen molar-refractivity contribution in [1.82, 2.24) is 9.97 Å². The van der Waals surface area contributed by atoms with Gasteiger partial charge in [-0.2, -0.15) is 0 Å². The molecule has 4 heteroatoms. The van der Waals surface area contributed by atoms with Crippen LogP contribution in [0.15, 0.2) is 36.8 Å². The predicted molar refractivity (Wildman–Crippen MR) is 79.1 cm³/mol. The number of carbonyl (C=O) groups is 1. The smallest absolute Gasteiger partial charge is 0.259 e. The molecule has 0 atom stereocenters. The third-order valence-electron chi connectivity index (χ3n) is 3.42. The van der Waals surface area contributed by atoms with Gasteiger partial charge in [0.15, 0.2) is 0 Å². The molecular weight excluding hydrogens is 250 g/mol. The number of amides is 1. The van der Waals surface area contributed by atoms with E-state index < -0.39 is 0 Å². The average molecular weight is 265 g/mol. The van der Waals surface area contributed by atoms with Gasteiger partial charge in [-0.05, 0) is 38.1 Å². The Morgan fingerprint density at radius 1 is 1.30 bits per heavy atom. The van der Waals surface area contributed by atoms with E-state index >= 15 is 0 Å². The van der Waals surface area contributed by atoms with Crippen molar-refractivity contribution < 1.29 is 4.79 Å². The summed E-state index contributed by atoms with van der Waals surface area (Å²) in [4.78, 5) is 22.4. The summed E-state index contributed by atoms with van der Waals surface area (Å²) in [5.74, 6) is 0.0340. The quantitative estimate of drug-likeness (QED) is 0.784. The fraction of sp³-hybridized carbons (Fsp3) is 0.188. The molecule has 3 rings (SSSR count). The molecule has 2 aromatic rings. The number of nitrogens with zero attached hydrogens (tertiary/aromatic N) is 3. The molecule has 0 N–H and O–H groups in total. The molecule has 1 aromatic heterocycles. The van der Waals surface area contributed by atoms with Crippen molar-refractivity contribution in [3.63, 3.8) is 0 Å². The van der Waals surface area contributed by atoms with Gasteiger partial charge in [-0.3, -0.25) is 4.79 Å². The average Bonchev–Trinajstić information content (AvgIpc) is 2.72. The molecule has 0 bridgehead atoms. The van der Waals surface area contributed by atoms with Gasteiger partial charge in [-0.15, -0.1) is 0 Å². The van der Waals surface area contributed by atoms with Gasteiger partial charge in [-0.1, -0.05) is 11.6 Å². The molecule has 100 valence electrons. The molecule has 1 aliphatic heterocycles. The second kappa shape index (κ2) is 4.89. The summed E-state index contributed by atoms with van der Waals surface area (Å²) < 4.78 is 0. The van der Waals surface area contributed by atoms with E-state index in [1.165, 1.54) is 6.33 Å². The number of hydrogen-bond acceptors (Lipinski definition) is 3. The van der Waals surface area contributed by atoms with Crippen molar-refractivity contribution in [2.24, 2.45) is 0 Å². The van der Waals surface area contributed by atoms with Gasteiger partial charge >= 0.3 is 0 Å². The lowest BCUT2D eigenvalue weighted by atomic mass is 10.0. The highest BCUT2D eigenvalue weighted by Gasteiger charge is 2.31. The van der Waals surface area contributed by atoms with Crippen LogP contribution in [0, 0.1) is 6.92 Å². The highest BCUT2D eigenvalue weighted by molar-refractivity contribution is 6.35. The largest absolute Gasteiger partial charge is 0.308 e. The van der Waals surface area contributed by atoms with Crippen LogP contribution >= 0.6 is 0 Å². The summed E-state index contributed by atoms with van der Waals surface area (Å²) in [6, 6.07) is 7.88. The molecule has 4 nitrogen and oxygen atoms in total. The van der Waals surface area contributed by atoms with Crippen LogP contribution in [0.25, 0.3) is 11.6 Å². The van der Waals surface area contributed by atoms with Crippen molar-refractivity contribution in [2.75, 3.05) is 11.4 Å². The summed E-state index contributed by atoms with van der Waals surface area (Å²) in [6.07, 6.45) is 4.99. The molecule has 0 radical (unpaired) electrons. The lowest BCUT2D eigenvalue weighted by Gasteiger charge is -2.13. The van der Waals surface area contributed by atoms with E-state index in [0.29, 0.717) is 12.1 Å². The second-order valence-corrected chi connectivity index (χ2v) is 4.76. The number of fused-ring (bicyclic) bond motifs is 1. The Bertz CT molecular complexity index is 692. The van der Waals surface area contributed by atoms with Crippen molar-refractivity contribution in [3.8, 4) is 0 Å². The van der Waals surface area contributed by atoms with Crippen LogP contribution in [0.2, 0.25) is 0 Å². The molecule has 0 fully saturated rings. The summed E-state index contributed by atoms with van der Waals surface area (Å²) in [5, 5.41) is 0. The predicted octanol–water partition coefficient (Wildman–Crippen LogP) is 2.69. The van der Waals surface area contributed by atoms with Gasteiger partial charge in [-0.25, -0.2) is 9.97 Å². The Morgan fingerprint density at radius 3 is 2.85 bits per heavy atom. The monoisotopic (exact) mass is 265 g/mol. The van der Waals surface area contributed by atoms with Gasteiger partial charge in [0.25, 0.3) is 5.91 Å². The fourth-order valence-corrected chi connectivity index (χ4v) is 2.46. The first-order valence-electron chi connectivity index (χ1n) is 6.61. The molecule has 0 spiro atoms. The van der Waals surface area contributed by atoms with Gasteiger partial charge in [0, 0.05) is 18.3 Å². The highest BCUT2D eigenvalue weighted by atomic mass is 16.2. The first-order chi connectivity index (χ1) is 9.70. The Morgan fingerprint density at radius 2 is 2.15 bits per heavy atom. The van der Waals surface area contributed by atoms with Crippen LogP contribution in [0.1, 0.15) is 23.7 Å². The number of aryl methyl sites for hydroxylation is 1. The molecule has 1 aliphatic rings. The normalized spacial score (nSPS) is 15.8. The lowest BCUT2D eigenvalue weighted by molar-refractivity contribution is -0.112. The Labute approximate surface area is 117 Å². The zero-order valence-electron chi connectivity index (χ0n) is 11.5. The molecule has 20 heavy (non-hydrogen) atoms. The molecule has 1 aromatic carbocycles. The fourth-order valence-electron chi connectivity index (χ4n) is 2.46. The number of likely N-dealkylation sites (N-methyl/N-ethyl adjacent to an activating group) is 1. The van der Waals surface area contributed by atoms with Crippen molar-refractivity contribution in [1.29, 1.82) is 0 Å². The number of carbonyl (C=O) groups excluding carboxylic acids is 1. The zero-order valence-corrected chi connectivity index (χ0v) is 11.5. The lowest BCUT2D eigenvalue weighted by Crippen LogP contribution is -2.25.